The van der Waals surface area contributed by atoms with Crippen LogP contribution < -0.4 is 5.73 Å². The normalized spacial score (nSPS) is 24.1. The van der Waals surface area contributed by atoms with E-state index in [0.717, 1.165) is 6.42 Å². The summed E-state index contributed by atoms with van der Waals surface area (Å²) in [6.07, 6.45) is 6.57. The SMILES string of the molecule is CC1=CCC(C(N)=O)C=C1. The molecule has 1 unspecified atom stereocenters. The number of allylic oxidation sites excluding steroid dienone is 3. The number of primary amides is 1. The largest absolute Gasteiger partial charge is 0.369 e. The van der Waals surface area contributed by atoms with Crippen molar-refractivity contribution in [3.8, 4) is 0 Å². The molecular formula is C8H11NO. The topological polar surface area (TPSA) is 43.1 Å². The molecule has 54 valence electrons. The quantitative estimate of drug-likeness (QED) is 0.575. The van der Waals surface area contributed by atoms with E-state index >= 15 is 0 Å². The number of nitrogens with two attached hydrogens (primary N) is 1. The van der Waals surface area contributed by atoms with E-state index in [9.17, 15) is 4.79 Å². The molecule has 0 bridgehead atoms. The highest BCUT2D eigenvalue weighted by Crippen LogP contribution is 2.14. The summed E-state index contributed by atoms with van der Waals surface area (Å²) in [5, 5.41) is 0. The average molecular weight is 137 g/mol. The van der Waals surface area contributed by atoms with Crippen LogP contribution in [0.5, 0.6) is 0 Å². The Bertz CT molecular complexity index is 203. The fourth-order valence-corrected chi connectivity index (χ4v) is 0.938. The molecule has 1 rings (SSSR count). The van der Waals surface area contributed by atoms with E-state index in [-0.39, 0.29) is 11.8 Å². The summed E-state index contributed by atoms with van der Waals surface area (Å²) < 4.78 is 0. The number of hydrogen-bond acceptors (Lipinski definition) is 1. The molecule has 2 nitrogen and oxygen atoms in total. The molecule has 0 spiro atoms. The first-order valence-corrected chi connectivity index (χ1v) is 3.34. The molecule has 1 aliphatic rings. The average Bonchev–Trinajstić information content (AvgIpc) is 1.88. The third-order valence-electron chi connectivity index (χ3n) is 1.65. The third-order valence-corrected chi connectivity index (χ3v) is 1.65. The van der Waals surface area contributed by atoms with Crippen LogP contribution in [0.1, 0.15) is 13.3 Å². The maximum atomic E-state index is 10.6. The number of carbonyl (C=O) groups excluding carboxylic acids is 1. The van der Waals surface area contributed by atoms with Gasteiger partial charge in [-0.15, -0.1) is 0 Å². The molecule has 0 saturated carbocycles. The Morgan fingerprint density at radius 1 is 1.80 bits per heavy atom. The molecule has 0 aliphatic heterocycles. The zero-order valence-electron chi connectivity index (χ0n) is 6.00. The van der Waals surface area contributed by atoms with Crippen molar-refractivity contribution in [1.82, 2.24) is 0 Å². The van der Waals surface area contributed by atoms with Crippen molar-refractivity contribution in [2.45, 2.75) is 13.3 Å². The first-order valence-electron chi connectivity index (χ1n) is 3.34. The van der Waals surface area contributed by atoms with E-state index < -0.39 is 0 Å². The van der Waals surface area contributed by atoms with Gasteiger partial charge in [0.15, 0.2) is 0 Å². The molecule has 0 aromatic heterocycles. The Labute approximate surface area is 60.4 Å². The maximum absolute atomic E-state index is 10.6. The molecule has 1 atom stereocenters. The van der Waals surface area contributed by atoms with Crippen LogP contribution >= 0.6 is 0 Å². The minimum atomic E-state index is -0.236. The van der Waals surface area contributed by atoms with E-state index in [4.69, 9.17) is 5.73 Å². The Balaban J connectivity index is 2.60. The van der Waals surface area contributed by atoms with Gasteiger partial charge in [-0.1, -0.05) is 23.8 Å². The summed E-state index contributed by atoms with van der Waals surface area (Å²) in [5.74, 6) is -0.316. The standard InChI is InChI=1S/C8H11NO/c1-6-2-4-7(5-3-6)8(9)10/h2-4,7H,5H2,1H3,(H2,9,10). The lowest BCUT2D eigenvalue weighted by Crippen LogP contribution is -2.21. The van der Waals surface area contributed by atoms with Crippen LogP contribution in [-0.2, 0) is 4.79 Å². The molecule has 0 radical (unpaired) electrons. The van der Waals surface area contributed by atoms with Crippen molar-refractivity contribution in [2.24, 2.45) is 11.7 Å². The number of hydrogen-bond donors (Lipinski definition) is 1. The maximum Gasteiger partial charge on any atom is 0.224 e. The van der Waals surface area contributed by atoms with E-state index in [1.54, 1.807) is 0 Å². The van der Waals surface area contributed by atoms with Gasteiger partial charge in [0.1, 0.15) is 0 Å². The fraction of sp³-hybridized carbons (Fsp3) is 0.375. The first kappa shape index (κ1) is 7.06. The lowest BCUT2D eigenvalue weighted by molar-refractivity contribution is -0.120. The van der Waals surface area contributed by atoms with Crippen LogP contribution in [0, 0.1) is 5.92 Å². The first-order chi connectivity index (χ1) is 4.70. The molecular weight excluding hydrogens is 126 g/mol. The molecule has 2 heteroatoms. The lowest BCUT2D eigenvalue weighted by Gasteiger charge is -2.09. The number of rotatable bonds is 1. The second-order valence-electron chi connectivity index (χ2n) is 2.55. The zero-order chi connectivity index (χ0) is 7.56. The van der Waals surface area contributed by atoms with Gasteiger partial charge in [0, 0.05) is 0 Å². The summed E-state index contributed by atoms with van der Waals surface area (Å²) in [4.78, 5) is 10.6. The van der Waals surface area contributed by atoms with Crippen molar-refractivity contribution < 1.29 is 4.79 Å². The van der Waals surface area contributed by atoms with E-state index in [2.05, 4.69) is 0 Å². The Morgan fingerprint density at radius 2 is 2.50 bits per heavy atom. The summed E-state index contributed by atoms with van der Waals surface area (Å²) in [7, 11) is 0. The van der Waals surface area contributed by atoms with E-state index in [1.165, 1.54) is 5.57 Å². The number of amides is 1. The van der Waals surface area contributed by atoms with Gasteiger partial charge in [0.2, 0.25) is 5.91 Å². The minimum absolute atomic E-state index is 0.0799. The second kappa shape index (κ2) is 2.69. The Kier molecular flexibility index (Phi) is 1.90. The summed E-state index contributed by atoms with van der Waals surface area (Å²) in [6.45, 7) is 2.01. The molecule has 0 aromatic rings. The van der Waals surface area contributed by atoms with Crippen LogP contribution in [0.3, 0.4) is 0 Å². The third kappa shape index (κ3) is 1.47. The van der Waals surface area contributed by atoms with Crippen molar-refractivity contribution in [3.63, 3.8) is 0 Å². The van der Waals surface area contributed by atoms with Gasteiger partial charge in [-0.2, -0.15) is 0 Å². The van der Waals surface area contributed by atoms with Gasteiger partial charge in [-0.05, 0) is 13.3 Å². The monoisotopic (exact) mass is 137 g/mol. The van der Waals surface area contributed by atoms with Crippen molar-refractivity contribution in [1.29, 1.82) is 0 Å². The Hall–Kier alpha value is -1.05. The van der Waals surface area contributed by atoms with E-state index in [0.29, 0.717) is 0 Å². The number of carbonyl (C=O) groups is 1. The smallest absolute Gasteiger partial charge is 0.224 e. The molecule has 0 fully saturated rings. The predicted molar refractivity (Wildman–Crippen MR) is 40.2 cm³/mol. The van der Waals surface area contributed by atoms with Gasteiger partial charge in [-0.25, -0.2) is 0 Å². The van der Waals surface area contributed by atoms with Crippen molar-refractivity contribution in [3.05, 3.63) is 23.8 Å². The summed E-state index contributed by atoms with van der Waals surface area (Å²) >= 11 is 0. The lowest BCUT2D eigenvalue weighted by atomic mass is 9.97. The highest BCUT2D eigenvalue weighted by Gasteiger charge is 2.11. The molecule has 0 heterocycles. The van der Waals surface area contributed by atoms with Crippen molar-refractivity contribution in [2.75, 3.05) is 0 Å². The predicted octanol–water partition coefficient (Wildman–Crippen LogP) is 0.994. The Morgan fingerprint density at radius 3 is 2.90 bits per heavy atom. The van der Waals surface area contributed by atoms with E-state index in [1.807, 2.05) is 25.2 Å². The molecule has 1 aliphatic carbocycles. The van der Waals surface area contributed by atoms with Gasteiger partial charge in [0.25, 0.3) is 0 Å². The highest BCUT2D eigenvalue weighted by atomic mass is 16.1. The van der Waals surface area contributed by atoms with Crippen molar-refractivity contribution >= 4 is 5.91 Å². The molecule has 0 aromatic carbocycles. The van der Waals surface area contributed by atoms with Gasteiger partial charge in [0.05, 0.1) is 5.92 Å². The van der Waals surface area contributed by atoms with Gasteiger partial charge in [-0.3, -0.25) is 4.79 Å². The minimum Gasteiger partial charge on any atom is -0.369 e. The van der Waals surface area contributed by atoms with Gasteiger partial charge >= 0.3 is 0 Å². The second-order valence-corrected chi connectivity index (χ2v) is 2.55. The van der Waals surface area contributed by atoms with Gasteiger partial charge < -0.3 is 5.73 Å². The molecule has 10 heavy (non-hydrogen) atoms. The van der Waals surface area contributed by atoms with Crippen LogP contribution in [0.2, 0.25) is 0 Å². The summed E-state index contributed by atoms with van der Waals surface area (Å²) in [5.41, 5.74) is 6.30. The van der Waals surface area contributed by atoms with Crippen LogP contribution in [-0.4, -0.2) is 5.91 Å². The van der Waals surface area contributed by atoms with Crippen LogP contribution in [0.15, 0.2) is 23.8 Å². The molecule has 1 amide bonds. The zero-order valence-corrected chi connectivity index (χ0v) is 6.00. The van der Waals surface area contributed by atoms with Crippen LogP contribution in [0.4, 0.5) is 0 Å². The highest BCUT2D eigenvalue weighted by molar-refractivity contribution is 5.79. The fourth-order valence-electron chi connectivity index (χ4n) is 0.938. The summed E-state index contributed by atoms with van der Waals surface area (Å²) in [6, 6.07) is 0. The molecule has 0 saturated heterocycles. The molecule has 2 N–H and O–H groups in total. The van der Waals surface area contributed by atoms with Crippen LogP contribution in [0.25, 0.3) is 0 Å².